The second-order valence-electron chi connectivity index (χ2n) is 4.58. The number of hydrogen-bond acceptors (Lipinski definition) is 2. The smallest absolute Gasteiger partial charge is 0.236 e. The second kappa shape index (κ2) is 8.72. The number of carbonyl (C=O) groups excluding carboxylic acids is 1. The molecule has 0 aromatic rings. The molecular weight excluding hydrogens is 188 g/mol. The van der Waals surface area contributed by atoms with E-state index in [-0.39, 0.29) is 11.9 Å². The first-order valence-electron chi connectivity index (χ1n) is 6.11. The summed E-state index contributed by atoms with van der Waals surface area (Å²) in [5, 5.41) is 2.88. The summed E-state index contributed by atoms with van der Waals surface area (Å²) < 4.78 is 0. The van der Waals surface area contributed by atoms with Crippen LogP contribution in [-0.2, 0) is 4.79 Å². The Morgan fingerprint density at radius 2 is 1.93 bits per heavy atom. The normalized spacial score (nSPS) is 12.9. The predicted molar refractivity (Wildman–Crippen MR) is 64.6 cm³/mol. The van der Waals surface area contributed by atoms with Crippen molar-refractivity contribution in [3.05, 3.63) is 0 Å². The summed E-state index contributed by atoms with van der Waals surface area (Å²) in [5.41, 5.74) is 5.68. The number of rotatable bonds is 8. The molecule has 0 rings (SSSR count). The van der Waals surface area contributed by atoms with Gasteiger partial charge in [-0.25, -0.2) is 0 Å². The van der Waals surface area contributed by atoms with Crippen molar-refractivity contribution in [1.29, 1.82) is 0 Å². The third-order valence-corrected chi connectivity index (χ3v) is 2.44. The Balaban J connectivity index is 3.38. The van der Waals surface area contributed by atoms with Crippen molar-refractivity contribution in [2.24, 2.45) is 11.7 Å². The van der Waals surface area contributed by atoms with E-state index < -0.39 is 0 Å². The molecule has 1 atom stereocenters. The molecule has 0 saturated heterocycles. The van der Waals surface area contributed by atoms with Gasteiger partial charge in [-0.1, -0.05) is 40.0 Å². The molecular formula is C12H26N2O. The molecule has 90 valence electrons. The molecule has 0 aliphatic carbocycles. The molecule has 0 radical (unpaired) electrons. The fourth-order valence-electron chi connectivity index (χ4n) is 1.46. The van der Waals surface area contributed by atoms with Gasteiger partial charge >= 0.3 is 0 Å². The van der Waals surface area contributed by atoms with Crippen LogP contribution in [0.1, 0.15) is 52.9 Å². The lowest BCUT2D eigenvalue weighted by Gasteiger charge is -2.11. The van der Waals surface area contributed by atoms with Crippen LogP contribution in [0.15, 0.2) is 0 Å². The number of unbranched alkanes of at least 4 members (excludes halogenated alkanes) is 1. The van der Waals surface area contributed by atoms with Crippen molar-refractivity contribution in [2.75, 3.05) is 6.54 Å². The van der Waals surface area contributed by atoms with Crippen LogP contribution in [0.3, 0.4) is 0 Å². The maximum absolute atomic E-state index is 11.4. The summed E-state index contributed by atoms with van der Waals surface area (Å²) in [6, 6.07) is -0.319. The maximum Gasteiger partial charge on any atom is 0.236 e. The Kier molecular flexibility index (Phi) is 8.38. The van der Waals surface area contributed by atoms with Crippen molar-refractivity contribution in [3.63, 3.8) is 0 Å². The first-order valence-corrected chi connectivity index (χ1v) is 6.11. The zero-order valence-electron chi connectivity index (χ0n) is 10.4. The predicted octanol–water partition coefficient (Wildman–Crippen LogP) is 2.06. The van der Waals surface area contributed by atoms with Gasteiger partial charge in [-0.15, -0.1) is 0 Å². The Morgan fingerprint density at radius 1 is 1.27 bits per heavy atom. The van der Waals surface area contributed by atoms with E-state index in [0.717, 1.165) is 31.7 Å². The van der Waals surface area contributed by atoms with Gasteiger partial charge in [0, 0.05) is 6.54 Å². The van der Waals surface area contributed by atoms with Crippen molar-refractivity contribution in [1.82, 2.24) is 5.32 Å². The number of nitrogens with two attached hydrogens (primary N) is 1. The molecule has 3 N–H and O–H groups in total. The zero-order valence-corrected chi connectivity index (χ0v) is 10.4. The minimum Gasteiger partial charge on any atom is -0.355 e. The molecule has 0 saturated carbocycles. The fraction of sp³-hybridized carbons (Fsp3) is 0.917. The van der Waals surface area contributed by atoms with Gasteiger partial charge in [0.1, 0.15) is 0 Å². The highest BCUT2D eigenvalue weighted by Gasteiger charge is 2.10. The lowest BCUT2D eigenvalue weighted by Crippen LogP contribution is -2.40. The van der Waals surface area contributed by atoms with Crippen LogP contribution in [0.2, 0.25) is 0 Å². The number of hydrogen-bond donors (Lipinski definition) is 2. The summed E-state index contributed by atoms with van der Waals surface area (Å²) in [4.78, 5) is 11.4. The van der Waals surface area contributed by atoms with Crippen molar-refractivity contribution in [3.8, 4) is 0 Å². The van der Waals surface area contributed by atoms with E-state index >= 15 is 0 Å². The molecule has 0 aliphatic rings. The molecule has 1 amide bonds. The fourth-order valence-corrected chi connectivity index (χ4v) is 1.46. The minimum atomic E-state index is -0.319. The highest BCUT2D eigenvalue weighted by atomic mass is 16.2. The molecule has 0 aromatic carbocycles. The first kappa shape index (κ1) is 14.4. The Morgan fingerprint density at radius 3 is 2.47 bits per heavy atom. The van der Waals surface area contributed by atoms with Gasteiger partial charge in [0.15, 0.2) is 0 Å². The SMILES string of the molecule is CCC[C@H](N)C(=O)NCCCCC(C)C. The molecule has 0 spiro atoms. The van der Waals surface area contributed by atoms with Gasteiger partial charge in [-0.2, -0.15) is 0 Å². The third kappa shape index (κ3) is 8.43. The molecule has 0 aliphatic heterocycles. The number of nitrogens with one attached hydrogen (secondary N) is 1. The monoisotopic (exact) mass is 214 g/mol. The number of amides is 1. The van der Waals surface area contributed by atoms with E-state index in [2.05, 4.69) is 19.2 Å². The molecule has 0 bridgehead atoms. The van der Waals surface area contributed by atoms with Gasteiger partial charge in [0.05, 0.1) is 6.04 Å². The molecule has 3 heteroatoms. The van der Waals surface area contributed by atoms with Gasteiger partial charge in [-0.3, -0.25) is 4.79 Å². The van der Waals surface area contributed by atoms with Crippen LogP contribution in [-0.4, -0.2) is 18.5 Å². The quantitative estimate of drug-likeness (QED) is 0.608. The van der Waals surface area contributed by atoms with E-state index in [1.165, 1.54) is 12.8 Å². The maximum atomic E-state index is 11.4. The van der Waals surface area contributed by atoms with Crippen LogP contribution >= 0.6 is 0 Å². The average molecular weight is 214 g/mol. The van der Waals surface area contributed by atoms with Crippen molar-refractivity contribution >= 4 is 5.91 Å². The van der Waals surface area contributed by atoms with Crippen LogP contribution in [0.25, 0.3) is 0 Å². The van der Waals surface area contributed by atoms with E-state index in [0.29, 0.717) is 0 Å². The highest BCUT2D eigenvalue weighted by molar-refractivity contribution is 5.81. The van der Waals surface area contributed by atoms with E-state index in [4.69, 9.17) is 5.73 Å². The molecule has 3 nitrogen and oxygen atoms in total. The second-order valence-corrected chi connectivity index (χ2v) is 4.58. The lowest BCUT2D eigenvalue weighted by molar-refractivity contribution is -0.122. The van der Waals surface area contributed by atoms with Crippen molar-refractivity contribution < 1.29 is 4.79 Å². The van der Waals surface area contributed by atoms with Crippen molar-refractivity contribution in [2.45, 2.75) is 58.9 Å². The Labute approximate surface area is 93.8 Å². The largest absolute Gasteiger partial charge is 0.355 e. The van der Waals surface area contributed by atoms with Gasteiger partial charge in [-0.05, 0) is 18.8 Å². The highest BCUT2D eigenvalue weighted by Crippen LogP contribution is 2.05. The summed E-state index contributed by atoms with van der Waals surface area (Å²) in [6.45, 7) is 7.24. The van der Waals surface area contributed by atoms with E-state index in [1.807, 2.05) is 6.92 Å². The van der Waals surface area contributed by atoms with Crippen LogP contribution in [0, 0.1) is 5.92 Å². The molecule has 0 aromatic heterocycles. The summed E-state index contributed by atoms with van der Waals surface area (Å²) in [6.07, 6.45) is 5.21. The van der Waals surface area contributed by atoms with Crippen LogP contribution in [0.4, 0.5) is 0 Å². The molecule has 0 unspecified atom stereocenters. The van der Waals surface area contributed by atoms with Gasteiger partial charge in [0.25, 0.3) is 0 Å². The lowest BCUT2D eigenvalue weighted by atomic mass is 10.1. The van der Waals surface area contributed by atoms with Gasteiger partial charge in [0.2, 0.25) is 5.91 Å². The van der Waals surface area contributed by atoms with Crippen LogP contribution < -0.4 is 11.1 Å². The topological polar surface area (TPSA) is 55.1 Å². The molecule has 0 heterocycles. The standard InChI is InChI=1S/C12H26N2O/c1-4-7-11(13)12(15)14-9-6-5-8-10(2)3/h10-11H,4-9,13H2,1-3H3,(H,14,15)/t11-/m0/s1. The minimum absolute atomic E-state index is 0.00129. The van der Waals surface area contributed by atoms with E-state index in [1.54, 1.807) is 0 Å². The molecule has 0 fully saturated rings. The van der Waals surface area contributed by atoms with E-state index in [9.17, 15) is 4.79 Å². The summed E-state index contributed by atoms with van der Waals surface area (Å²) >= 11 is 0. The summed E-state index contributed by atoms with van der Waals surface area (Å²) in [7, 11) is 0. The zero-order chi connectivity index (χ0) is 11.7. The Hall–Kier alpha value is -0.570. The van der Waals surface area contributed by atoms with Gasteiger partial charge < -0.3 is 11.1 Å². The first-order chi connectivity index (χ1) is 7.07. The number of carbonyl (C=O) groups is 1. The Bertz CT molecular complexity index is 169. The molecule has 15 heavy (non-hydrogen) atoms. The average Bonchev–Trinajstić information content (AvgIpc) is 2.16. The third-order valence-electron chi connectivity index (χ3n) is 2.44. The van der Waals surface area contributed by atoms with Crippen LogP contribution in [0.5, 0.6) is 0 Å². The summed E-state index contributed by atoms with van der Waals surface area (Å²) in [5.74, 6) is 0.754.